The maximum absolute atomic E-state index is 11.8. The lowest BCUT2D eigenvalue weighted by molar-refractivity contribution is -0.119. The van der Waals surface area contributed by atoms with Crippen LogP contribution < -0.4 is 10.6 Å². The van der Waals surface area contributed by atoms with Gasteiger partial charge in [0.25, 0.3) is 0 Å². The zero-order valence-electron chi connectivity index (χ0n) is 9.31. The molecule has 3 N–H and O–H groups in total. The van der Waals surface area contributed by atoms with Crippen LogP contribution in [0.1, 0.15) is 18.1 Å². The summed E-state index contributed by atoms with van der Waals surface area (Å²) in [6.07, 6.45) is 0.835. The van der Waals surface area contributed by atoms with Crippen LogP contribution in [0, 0.1) is 0 Å². The second-order valence-electron chi connectivity index (χ2n) is 4.15. The Morgan fingerprint density at radius 2 is 2.38 bits per heavy atom. The quantitative estimate of drug-likeness (QED) is 0.759. The summed E-state index contributed by atoms with van der Waals surface area (Å²) in [6.45, 7) is 2.42. The van der Waals surface area contributed by atoms with Crippen molar-refractivity contribution in [3.63, 3.8) is 0 Å². The highest BCUT2D eigenvalue weighted by atomic mass is 16.3. The molecule has 4 heteroatoms. The Labute approximate surface area is 94.7 Å². The summed E-state index contributed by atoms with van der Waals surface area (Å²) in [6, 6.07) is 5.20. The number of anilines is 1. The molecule has 4 nitrogen and oxygen atoms in total. The molecule has 86 valence electrons. The van der Waals surface area contributed by atoms with Crippen molar-refractivity contribution in [1.82, 2.24) is 0 Å². The lowest BCUT2D eigenvalue weighted by Crippen LogP contribution is -2.41. The van der Waals surface area contributed by atoms with E-state index in [1.807, 2.05) is 18.2 Å². The highest BCUT2D eigenvalue weighted by molar-refractivity contribution is 5.98. The fourth-order valence-corrected chi connectivity index (χ4v) is 2.03. The molecule has 0 aromatic heterocycles. The van der Waals surface area contributed by atoms with Crippen molar-refractivity contribution >= 4 is 11.6 Å². The van der Waals surface area contributed by atoms with Crippen molar-refractivity contribution in [3.05, 3.63) is 29.3 Å². The van der Waals surface area contributed by atoms with Gasteiger partial charge < -0.3 is 15.7 Å². The standard InChI is InChI=1S/C12H16N2O2/c1-8(13)12(16)14-5-4-10-6-9(7-15)2-3-11(10)14/h2-3,6,8,15H,4-5,7,13H2,1H3. The molecule has 1 aliphatic heterocycles. The minimum absolute atomic E-state index is 0.0362. The maximum Gasteiger partial charge on any atom is 0.243 e. The molecule has 0 spiro atoms. The van der Waals surface area contributed by atoms with Crippen molar-refractivity contribution in [2.24, 2.45) is 5.73 Å². The maximum atomic E-state index is 11.8. The lowest BCUT2D eigenvalue weighted by atomic mass is 10.1. The fourth-order valence-electron chi connectivity index (χ4n) is 2.03. The van der Waals surface area contributed by atoms with Crippen molar-refractivity contribution in [3.8, 4) is 0 Å². The summed E-state index contributed by atoms with van der Waals surface area (Å²) >= 11 is 0. The Morgan fingerprint density at radius 1 is 1.62 bits per heavy atom. The average Bonchev–Trinajstić information content (AvgIpc) is 2.70. The van der Waals surface area contributed by atoms with Gasteiger partial charge in [0.1, 0.15) is 0 Å². The third-order valence-corrected chi connectivity index (χ3v) is 2.88. The van der Waals surface area contributed by atoms with Crippen LogP contribution in [0.2, 0.25) is 0 Å². The number of carbonyl (C=O) groups excluding carboxylic acids is 1. The van der Waals surface area contributed by atoms with E-state index < -0.39 is 6.04 Å². The van der Waals surface area contributed by atoms with E-state index in [4.69, 9.17) is 10.8 Å². The molecule has 0 fully saturated rings. The summed E-state index contributed by atoms with van der Waals surface area (Å²) in [5.41, 5.74) is 8.52. The molecule has 1 aliphatic rings. The van der Waals surface area contributed by atoms with E-state index in [0.29, 0.717) is 6.54 Å². The predicted molar refractivity (Wildman–Crippen MR) is 62.1 cm³/mol. The molecule has 16 heavy (non-hydrogen) atoms. The minimum Gasteiger partial charge on any atom is -0.392 e. The van der Waals surface area contributed by atoms with Crippen LogP contribution in [0.4, 0.5) is 5.69 Å². The molecule has 1 aromatic carbocycles. The van der Waals surface area contributed by atoms with Crippen LogP contribution in [0.15, 0.2) is 18.2 Å². The number of aliphatic hydroxyl groups excluding tert-OH is 1. The first-order chi connectivity index (χ1) is 7.63. The van der Waals surface area contributed by atoms with Crippen LogP contribution in [0.5, 0.6) is 0 Å². The van der Waals surface area contributed by atoms with Gasteiger partial charge in [0, 0.05) is 12.2 Å². The Balaban J connectivity index is 2.30. The van der Waals surface area contributed by atoms with E-state index in [1.54, 1.807) is 11.8 Å². The molecular weight excluding hydrogens is 204 g/mol. The largest absolute Gasteiger partial charge is 0.392 e. The number of rotatable bonds is 2. The summed E-state index contributed by atoms with van der Waals surface area (Å²) in [5.74, 6) is -0.0458. The molecular formula is C12H16N2O2. The van der Waals surface area contributed by atoms with Crippen LogP contribution >= 0.6 is 0 Å². The van der Waals surface area contributed by atoms with E-state index in [1.165, 1.54) is 0 Å². The van der Waals surface area contributed by atoms with Gasteiger partial charge in [0.2, 0.25) is 5.91 Å². The number of nitrogens with zero attached hydrogens (tertiary/aromatic N) is 1. The van der Waals surface area contributed by atoms with Gasteiger partial charge >= 0.3 is 0 Å². The SMILES string of the molecule is CC(N)C(=O)N1CCc2cc(CO)ccc21. The average molecular weight is 220 g/mol. The molecule has 1 heterocycles. The van der Waals surface area contributed by atoms with Crippen molar-refractivity contribution in [1.29, 1.82) is 0 Å². The summed E-state index contributed by atoms with van der Waals surface area (Å²) < 4.78 is 0. The van der Waals surface area contributed by atoms with Gasteiger partial charge in [-0.25, -0.2) is 0 Å². The topological polar surface area (TPSA) is 66.6 Å². The molecule has 1 atom stereocenters. The Kier molecular flexibility index (Phi) is 2.94. The first-order valence-electron chi connectivity index (χ1n) is 5.43. The van der Waals surface area contributed by atoms with Gasteiger partial charge in [-0.15, -0.1) is 0 Å². The number of carbonyl (C=O) groups is 1. The zero-order valence-corrected chi connectivity index (χ0v) is 9.31. The minimum atomic E-state index is -0.469. The highest BCUT2D eigenvalue weighted by Gasteiger charge is 2.26. The summed E-state index contributed by atoms with van der Waals surface area (Å²) in [7, 11) is 0. The van der Waals surface area contributed by atoms with Crippen LogP contribution in [-0.4, -0.2) is 23.6 Å². The van der Waals surface area contributed by atoms with E-state index in [-0.39, 0.29) is 12.5 Å². The smallest absolute Gasteiger partial charge is 0.243 e. The second-order valence-corrected chi connectivity index (χ2v) is 4.15. The van der Waals surface area contributed by atoms with E-state index in [2.05, 4.69) is 0 Å². The van der Waals surface area contributed by atoms with E-state index in [0.717, 1.165) is 23.2 Å². The monoisotopic (exact) mass is 220 g/mol. The molecule has 0 bridgehead atoms. The Hall–Kier alpha value is -1.39. The van der Waals surface area contributed by atoms with Gasteiger partial charge in [-0.05, 0) is 30.5 Å². The number of fused-ring (bicyclic) bond motifs is 1. The second kappa shape index (κ2) is 4.23. The Morgan fingerprint density at radius 3 is 3.00 bits per heavy atom. The van der Waals surface area contributed by atoms with Crippen molar-refractivity contribution in [2.45, 2.75) is 26.0 Å². The van der Waals surface area contributed by atoms with Crippen molar-refractivity contribution < 1.29 is 9.90 Å². The predicted octanol–water partition coefficient (Wildman–Crippen LogP) is 0.415. The molecule has 0 saturated carbocycles. The highest BCUT2D eigenvalue weighted by Crippen LogP contribution is 2.29. The number of hydrogen-bond donors (Lipinski definition) is 2. The van der Waals surface area contributed by atoms with Gasteiger partial charge in [0.05, 0.1) is 12.6 Å². The molecule has 0 saturated heterocycles. The number of amides is 1. The number of benzene rings is 1. The number of nitrogens with two attached hydrogens (primary N) is 1. The summed E-state index contributed by atoms with van der Waals surface area (Å²) in [4.78, 5) is 13.5. The molecule has 2 rings (SSSR count). The molecule has 1 unspecified atom stereocenters. The van der Waals surface area contributed by atoms with Crippen LogP contribution in [-0.2, 0) is 17.8 Å². The van der Waals surface area contributed by atoms with E-state index >= 15 is 0 Å². The van der Waals surface area contributed by atoms with Gasteiger partial charge in [0.15, 0.2) is 0 Å². The van der Waals surface area contributed by atoms with Crippen LogP contribution in [0.3, 0.4) is 0 Å². The number of aliphatic hydroxyl groups is 1. The van der Waals surface area contributed by atoms with Crippen molar-refractivity contribution in [2.75, 3.05) is 11.4 Å². The Bertz CT molecular complexity index is 415. The third-order valence-electron chi connectivity index (χ3n) is 2.88. The lowest BCUT2D eigenvalue weighted by Gasteiger charge is -2.19. The first-order valence-corrected chi connectivity index (χ1v) is 5.43. The number of hydrogen-bond acceptors (Lipinski definition) is 3. The van der Waals surface area contributed by atoms with E-state index in [9.17, 15) is 4.79 Å². The van der Waals surface area contributed by atoms with Gasteiger partial charge in [-0.3, -0.25) is 4.79 Å². The van der Waals surface area contributed by atoms with Gasteiger partial charge in [-0.2, -0.15) is 0 Å². The van der Waals surface area contributed by atoms with Gasteiger partial charge in [-0.1, -0.05) is 12.1 Å². The third kappa shape index (κ3) is 1.81. The zero-order chi connectivity index (χ0) is 11.7. The normalized spacial score (nSPS) is 16.1. The molecule has 1 amide bonds. The van der Waals surface area contributed by atoms with Crippen LogP contribution in [0.25, 0.3) is 0 Å². The molecule has 0 aliphatic carbocycles. The molecule has 0 radical (unpaired) electrons. The first kappa shape index (κ1) is 11.1. The fraction of sp³-hybridized carbons (Fsp3) is 0.417. The molecule has 1 aromatic rings. The summed E-state index contributed by atoms with van der Waals surface area (Å²) in [5, 5.41) is 9.03.